The molecule has 0 unspecified atom stereocenters. The molecule has 0 saturated carbocycles. The second-order valence-corrected chi connectivity index (χ2v) is 5.18. The fourth-order valence-corrected chi connectivity index (χ4v) is 2.55. The van der Waals surface area contributed by atoms with Gasteiger partial charge in [0, 0.05) is 17.0 Å². The minimum atomic E-state index is -0.259. The predicted octanol–water partition coefficient (Wildman–Crippen LogP) is 4.51. The number of rotatable bonds is 3. The molecule has 23 heavy (non-hydrogen) atoms. The molecular weight excluding hydrogens is 291 g/mol. The number of nitrogens with zero attached hydrogens (tertiary/aromatic N) is 2. The number of hydrogen-bond donors (Lipinski definition) is 2. The fraction of sp³-hybridized carbons (Fsp3) is 0. The van der Waals surface area contributed by atoms with Gasteiger partial charge >= 0.3 is 0 Å². The molecule has 0 atom stereocenters. The number of aromatic nitrogens is 3. The predicted molar refractivity (Wildman–Crippen MR) is 89.0 cm³/mol. The molecule has 0 amide bonds. The van der Waals surface area contributed by atoms with Crippen molar-refractivity contribution < 1.29 is 4.39 Å². The number of H-pyrrole nitrogens is 1. The average Bonchev–Trinajstić information content (AvgIpc) is 3.08. The summed E-state index contributed by atoms with van der Waals surface area (Å²) in [5.41, 5.74) is 1.68. The summed E-state index contributed by atoms with van der Waals surface area (Å²) >= 11 is 0. The van der Waals surface area contributed by atoms with Crippen LogP contribution in [0.4, 0.5) is 16.0 Å². The Balaban J connectivity index is 1.88. The van der Waals surface area contributed by atoms with E-state index in [4.69, 9.17) is 4.98 Å². The zero-order valence-electron chi connectivity index (χ0n) is 12.1. The molecule has 0 bridgehead atoms. The minimum absolute atomic E-state index is 0.259. The highest BCUT2D eigenvalue weighted by Crippen LogP contribution is 2.30. The smallest absolute Gasteiger partial charge is 0.132 e. The van der Waals surface area contributed by atoms with Crippen LogP contribution < -0.4 is 5.32 Å². The van der Waals surface area contributed by atoms with Gasteiger partial charge in [0.15, 0.2) is 0 Å². The van der Waals surface area contributed by atoms with E-state index < -0.39 is 0 Å². The van der Waals surface area contributed by atoms with E-state index in [0.717, 1.165) is 27.8 Å². The third kappa shape index (κ3) is 2.64. The lowest BCUT2D eigenvalue weighted by Gasteiger charge is -2.10. The molecule has 0 aliphatic carbocycles. The van der Waals surface area contributed by atoms with Crippen molar-refractivity contribution in [2.24, 2.45) is 0 Å². The van der Waals surface area contributed by atoms with Gasteiger partial charge in [-0.25, -0.2) is 9.37 Å². The van der Waals surface area contributed by atoms with E-state index in [2.05, 4.69) is 15.5 Å². The first-order valence-electron chi connectivity index (χ1n) is 7.22. The molecule has 2 aromatic carbocycles. The second kappa shape index (κ2) is 5.53. The molecule has 0 spiro atoms. The summed E-state index contributed by atoms with van der Waals surface area (Å²) in [6.45, 7) is 0. The van der Waals surface area contributed by atoms with Crippen LogP contribution >= 0.6 is 0 Å². The lowest BCUT2D eigenvalue weighted by molar-refractivity contribution is 0.628. The molecule has 2 N–H and O–H groups in total. The average molecular weight is 304 g/mol. The maximum Gasteiger partial charge on any atom is 0.132 e. The van der Waals surface area contributed by atoms with Gasteiger partial charge in [-0.1, -0.05) is 24.3 Å². The normalized spacial score (nSPS) is 10.8. The van der Waals surface area contributed by atoms with Gasteiger partial charge in [0.2, 0.25) is 0 Å². The molecule has 0 aliphatic heterocycles. The third-order valence-electron chi connectivity index (χ3n) is 3.62. The summed E-state index contributed by atoms with van der Waals surface area (Å²) < 4.78 is 13.2. The highest BCUT2D eigenvalue weighted by Gasteiger charge is 2.09. The number of hydrogen-bond acceptors (Lipinski definition) is 3. The molecule has 0 saturated heterocycles. The SMILES string of the molecule is Fc1ccc(-c2nc(Nc3ccn[nH]3)cc3ccccc23)cc1. The Labute approximate surface area is 132 Å². The van der Waals surface area contributed by atoms with Crippen LogP contribution in [0.3, 0.4) is 0 Å². The lowest BCUT2D eigenvalue weighted by Crippen LogP contribution is -1.96. The highest BCUT2D eigenvalue weighted by molar-refractivity contribution is 5.96. The van der Waals surface area contributed by atoms with Crippen LogP contribution in [-0.2, 0) is 0 Å². The fourth-order valence-electron chi connectivity index (χ4n) is 2.55. The zero-order chi connectivity index (χ0) is 15.6. The van der Waals surface area contributed by atoms with Crippen molar-refractivity contribution in [3.05, 3.63) is 72.7 Å². The maximum absolute atomic E-state index is 13.2. The number of pyridine rings is 1. The number of nitrogens with one attached hydrogen (secondary N) is 2. The molecule has 2 heterocycles. The molecule has 112 valence electrons. The van der Waals surface area contributed by atoms with Crippen LogP contribution in [0.1, 0.15) is 0 Å². The Morgan fingerprint density at radius 1 is 0.957 bits per heavy atom. The summed E-state index contributed by atoms with van der Waals surface area (Å²) in [7, 11) is 0. The lowest BCUT2D eigenvalue weighted by atomic mass is 10.0. The Bertz CT molecular complexity index is 947. The molecule has 0 radical (unpaired) electrons. The molecule has 4 rings (SSSR count). The van der Waals surface area contributed by atoms with E-state index in [1.807, 2.05) is 36.4 Å². The van der Waals surface area contributed by atoms with E-state index in [9.17, 15) is 4.39 Å². The first-order valence-corrected chi connectivity index (χ1v) is 7.22. The number of anilines is 2. The van der Waals surface area contributed by atoms with Gasteiger partial charge < -0.3 is 5.32 Å². The second-order valence-electron chi connectivity index (χ2n) is 5.18. The molecule has 0 aliphatic rings. The van der Waals surface area contributed by atoms with Crippen molar-refractivity contribution in [1.29, 1.82) is 0 Å². The van der Waals surface area contributed by atoms with Crippen LogP contribution in [0.15, 0.2) is 66.9 Å². The topological polar surface area (TPSA) is 53.6 Å². The number of benzene rings is 2. The highest BCUT2D eigenvalue weighted by atomic mass is 19.1. The van der Waals surface area contributed by atoms with Gasteiger partial charge in [-0.2, -0.15) is 5.10 Å². The number of aromatic amines is 1. The summed E-state index contributed by atoms with van der Waals surface area (Å²) in [5, 5.41) is 12.0. The summed E-state index contributed by atoms with van der Waals surface area (Å²) in [6.07, 6.45) is 1.67. The van der Waals surface area contributed by atoms with E-state index in [1.165, 1.54) is 12.1 Å². The monoisotopic (exact) mass is 304 g/mol. The van der Waals surface area contributed by atoms with E-state index in [-0.39, 0.29) is 5.82 Å². The molecule has 5 heteroatoms. The Morgan fingerprint density at radius 3 is 2.57 bits per heavy atom. The zero-order valence-corrected chi connectivity index (χ0v) is 12.1. The maximum atomic E-state index is 13.2. The summed E-state index contributed by atoms with van der Waals surface area (Å²) in [4.78, 5) is 4.69. The largest absolute Gasteiger partial charge is 0.325 e. The van der Waals surface area contributed by atoms with Crippen molar-refractivity contribution in [1.82, 2.24) is 15.2 Å². The number of halogens is 1. The van der Waals surface area contributed by atoms with Crippen LogP contribution in [0.25, 0.3) is 22.0 Å². The van der Waals surface area contributed by atoms with Gasteiger partial charge in [0.1, 0.15) is 17.5 Å². The Hall–Kier alpha value is -3.21. The van der Waals surface area contributed by atoms with Crippen LogP contribution in [0.2, 0.25) is 0 Å². The van der Waals surface area contributed by atoms with Crippen molar-refractivity contribution in [2.45, 2.75) is 0 Å². The van der Waals surface area contributed by atoms with E-state index in [0.29, 0.717) is 5.82 Å². The van der Waals surface area contributed by atoms with Crippen molar-refractivity contribution in [2.75, 3.05) is 5.32 Å². The summed E-state index contributed by atoms with van der Waals surface area (Å²) in [6, 6.07) is 18.2. The number of fused-ring (bicyclic) bond motifs is 1. The first-order chi connectivity index (χ1) is 11.3. The summed E-state index contributed by atoms with van der Waals surface area (Å²) in [5.74, 6) is 1.20. The van der Waals surface area contributed by atoms with Gasteiger partial charge in [-0.15, -0.1) is 0 Å². The molecule has 0 fully saturated rings. The van der Waals surface area contributed by atoms with Crippen LogP contribution in [0, 0.1) is 5.82 Å². The first kappa shape index (κ1) is 13.5. The third-order valence-corrected chi connectivity index (χ3v) is 3.62. The Morgan fingerprint density at radius 2 is 1.78 bits per heavy atom. The van der Waals surface area contributed by atoms with Gasteiger partial charge in [0.05, 0.1) is 11.9 Å². The molecule has 2 aromatic heterocycles. The van der Waals surface area contributed by atoms with Crippen LogP contribution in [0.5, 0.6) is 0 Å². The van der Waals surface area contributed by atoms with Gasteiger partial charge in [0.25, 0.3) is 0 Å². The van der Waals surface area contributed by atoms with Crippen LogP contribution in [-0.4, -0.2) is 15.2 Å². The van der Waals surface area contributed by atoms with Crippen molar-refractivity contribution in [3.8, 4) is 11.3 Å². The molecular formula is C18H13FN4. The van der Waals surface area contributed by atoms with E-state index >= 15 is 0 Å². The Kier molecular flexibility index (Phi) is 3.24. The quantitative estimate of drug-likeness (QED) is 0.585. The molecule has 4 aromatic rings. The minimum Gasteiger partial charge on any atom is -0.325 e. The van der Waals surface area contributed by atoms with Gasteiger partial charge in [-0.3, -0.25) is 5.10 Å². The van der Waals surface area contributed by atoms with Crippen molar-refractivity contribution in [3.63, 3.8) is 0 Å². The van der Waals surface area contributed by atoms with Gasteiger partial charge in [-0.05, 0) is 35.7 Å². The van der Waals surface area contributed by atoms with Crippen molar-refractivity contribution >= 4 is 22.4 Å². The van der Waals surface area contributed by atoms with E-state index in [1.54, 1.807) is 18.3 Å². The molecule has 4 nitrogen and oxygen atoms in total. The standard InChI is InChI=1S/C18H13FN4/c19-14-7-5-12(6-8-14)18-15-4-2-1-3-13(15)11-17(22-18)21-16-9-10-20-23-16/h1-11H,(H2,20,21,22,23).